The smallest absolute Gasteiger partial charge is 0.119 e. The number of hydrogen-bond acceptors (Lipinski definition) is 3. The topological polar surface area (TPSA) is 38.5 Å². The molecule has 19 heavy (non-hydrogen) atoms. The van der Waals surface area contributed by atoms with E-state index in [4.69, 9.17) is 10.5 Å². The molecule has 0 spiro atoms. The minimum Gasteiger partial charge on any atom is -0.494 e. The zero-order valence-electron chi connectivity index (χ0n) is 12.1. The van der Waals surface area contributed by atoms with E-state index in [1.54, 1.807) is 0 Å². The molecule has 1 unspecified atom stereocenters. The Morgan fingerprint density at radius 1 is 1.26 bits per heavy atom. The van der Waals surface area contributed by atoms with Crippen molar-refractivity contribution < 1.29 is 4.74 Å². The lowest BCUT2D eigenvalue weighted by atomic mass is 10.1. The summed E-state index contributed by atoms with van der Waals surface area (Å²) in [7, 11) is 0. The van der Waals surface area contributed by atoms with Crippen molar-refractivity contribution in [3.8, 4) is 5.75 Å². The molecule has 1 aliphatic carbocycles. The summed E-state index contributed by atoms with van der Waals surface area (Å²) in [6.45, 7) is 7.06. The average molecular weight is 262 g/mol. The molecule has 1 fully saturated rings. The Morgan fingerprint density at radius 3 is 2.47 bits per heavy atom. The summed E-state index contributed by atoms with van der Waals surface area (Å²) in [6.07, 6.45) is 3.89. The first-order chi connectivity index (χ1) is 9.24. The highest BCUT2D eigenvalue weighted by Crippen LogP contribution is 2.28. The van der Waals surface area contributed by atoms with E-state index in [9.17, 15) is 0 Å². The van der Waals surface area contributed by atoms with Crippen LogP contribution in [0.2, 0.25) is 0 Å². The van der Waals surface area contributed by atoms with Gasteiger partial charge in [0.25, 0.3) is 0 Å². The lowest BCUT2D eigenvalue weighted by molar-refractivity contribution is 0.248. The number of nitrogens with zero attached hydrogens (tertiary/aromatic N) is 1. The highest BCUT2D eigenvalue weighted by molar-refractivity contribution is 5.29. The van der Waals surface area contributed by atoms with Crippen LogP contribution in [-0.4, -0.2) is 30.6 Å². The molecule has 0 aromatic heterocycles. The van der Waals surface area contributed by atoms with Crippen LogP contribution in [0.1, 0.15) is 44.7 Å². The number of hydrogen-bond donors (Lipinski definition) is 1. The van der Waals surface area contributed by atoms with E-state index in [1.165, 1.54) is 24.8 Å². The van der Waals surface area contributed by atoms with E-state index in [2.05, 4.69) is 24.0 Å². The summed E-state index contributed by atoms with van der Waals surface area (Å²) in [5.74, 6) is 0.922. The molecule has 1 saturated carbocycles. The molecular formula is C16H26N2O. The Hall–Kier alpha value is -1.06. The molecule has 0 amide bonds. The van der Waals surface area contributed by atoms with Gasteiger partial charge >= 0.3 is 0 Å². The molecule has 1 atom stereocenters. The molecule has 1 aliphatic rings. The molecule has 2 rings (SSSR count). The molecule has 0 saturated heterocycles. The zero-order chi connectivity index (χ0) is 13.7. The fourth-order valence-electron chi connectivity index (χ4n) is 2.49. The maximum Gasteiger partial charge on any atom is 0.119 e. The summed E-state index contributed by atoms with van der Waals surface area (Å²) >= 11 is 0. The van der Waals surface area contributed by atoms with Gasteiger partial charge in [0.15, 0.2) is 0 Å². The van der Waals surface area contributed by atoms with Crippen molar-refractivity contribution in [3.63, 3.8) is 0 Å². The minimum absolute atomic E-state index is 0.0998. The quantitative estimate of drug-likeness (QED) is 0.783. The highest BCUT2D eigenvalue weighted by Gasteiger charge is 2.29. The van der Waals surface area contributed by atoms with Crippen molar-refractivity contribution >= 4 is 0 Å². The van der Waals surface area contributed by atoms with Gasteiger partial charge in [0.05, 0.1) is 6.61 Å². The number of ether oxygens (including phenoxy) is 1. The van der Waals surface area contributed by atoms with Crippen LogP contribution in [0.25, 0.3) is 0 Å². The highest BCUT2D eigenvalue weighted by atomic mass is 16.5. The molecule has 3 heteroatoms. The lowest BCUT2D eigenvalue weighted by Gasteiger charge is -2.25. The maximum absolute atomic E-state index is 6.33. The molecule has 106 valence electrons. The van der Waals surface area contributed by atoms with Crippen LogP contribution in [0, 0.1) is 0 Å². The Bertz CT molecular complexity index is 373. The molecule has 0 radical (unpaired) electrons. The van der Waals surface area contributed by atoms with Gasteiger partial charge in [-0.05, 0) is 50.4 Å². The molecule has 3 nitrogen and oxygen atoms in total. The van der Waals surface area contributed by atoms with Crippen LogP contribution < -0.4 is 10.5 Å². The Balaban J connectivity index is 1.92. The summed E-state index contributed by atoms with van der Waals surface area (Å²) in [5.41, 5.74) is 7.53. The van der Waals surface area contributed by atoms with Gasteiger partial charge in [0.2, 0.25) is 0 Å². The van der Waals surface area contributed by atoms with Gasteiger partial charge in [-0.1, -0.05) is 19.1 Å². The van der Waals surface area contributed by atoms with Crippen molar-refractivity contribution in [2.24, 2.45) is 5.73 Å². The van der Waals surface area contributed by atoms with Crippen molar-refractivity contribution in [3.05, 3.63) is 29.8 Å². The summed E-state index contributed by atoms with van der Waals surface area (Å²) in [5, 5.41) is 0. The van der Waals surface area contributed by atoms with E-state index in [0.717, 1.165) is 24.9 Å². The standard InChI is InChI=1S/C16H26N2O/c1-3-11-18(14-7-8-14)12-16(17)13-5-9-15(10-6-13)19-4-2/h5-6,9-10,14,16H,3-4,7-8,11-12,17H2,1-2H3. The molecular weight excluding hydrogens is 236 g/mol. The first-order valence-corrected chi connectivity index (χ1v) is 7.47. The SMILES string of the molecule is CCCN(CC(N)c1ccc(OCC)cc1)C1CC1. The Labute approximate surface area is 116 Å². The van der Waals surface area contributed by atoms with Gasteiger partial charge < -0.3 is 10.5 Å². The Kier molecular flexibility index (Phi) is 5.23. The first-order valence-electron chi connectivity index (χ1n) is 7.47. The molecule has 0 aliphatic heterocycles. The second-order valence-electron chi connectivity index (χ2n) is 5.33. The van der Waals surface area contributed by atoms with E-state index in [-0.39, 0.29) is 6.04 Å². The molecule has 1 aromatic carbocycles. The zero-order valence-corrected chi connectivity index (χ0v) is 12.1. The monoisotopic (exact) mass is 262 g/mol. The predicted molar refractivity (Wildman–Crippen MR) is 79.4 cm³/mol. The number of rotatable bonds is 8. The maximum atomic E-state index is 6.33. The van der Waals surface area contributed by atoms with Gasteiger partial charge in [-0.2, -0.15) is 0 Å². The molecule has 2 N–H and O–H groups in total. The van der Waals surface area contributed by atoms with Gasteiger partial charge in [0, 0.05) is 18.6 Å². The molecule has 0 heterocycles. The second-order valence-corrected chi connectivity index (χ2v) is 5.33. The Morgan fingerprint density at radius 2 is 1.95 bits per heavy atom. The summed E-state index contributed by atoms with van der Waals surface area (Å²) in [4.78, 5) is 2.54. The van der Waals surface area contributed by atoms with E-state index >= 15 is 0 Å². The molecule has 0 bridgehead atoms. The van der Waals surface area contributed by atoms with E-state index < -0.39 is 0 Å². The van der Waals surface area contributed by atoms with Crippen LogP contribution in [0.5, 0.6) is 5.75 Å². The number of nitrogens with two attached hydrogens (primary N) is 1. The fourth-order valence-corrected chi connectivity index (χ4v) is 2.49. The van der Waals surface area contributed by atoms with Crippen LogP contribution in [0.4, 0.5) is 0 Å². The van der Waals surface area contributed by atoms with Crippen molar-refractivity contribution in [1.29, 1.82) is 0 Å². The van der Waals surface area contributed by atoms with Crippen molar-refractivity contribution in [2.75, 3.05) is 19.7 Å². The van der Waals surface area contributed by atoms with Crippen LogP contribution in [0.15, 0.2) is 24.3 Å². The van der Waals surface area contributed by atoms with Gasteiger partial charge in [-0.3, -0.25) is 4.90 Å². The predicted octanol–water partition coefficient (Wildman–Crippen LogP) is 2.96. The van der Waals surface area contributed by atoms with Crippen LogP contribution in [0.3, 0.4) is 0 Å². The van der Waals surface area contributed by atoms with Crippen LogP contribution in [-0.2, 0) is 0 Å². The lowest BCUT2D eigenvalue weighted by Crippen LogP contribution is -2.34. The molecule has 1 aromatic rings. The third-order valence-corrected chi connectivity index (χ3v) is 3.62. The number of benzene rings is 1. The third-order valence-electron chi connectivity index (χ3n) is 3.62. The van der Waals surface area contributed by atoms with Gasteiger partial charge in [-0.25, -0.2) is 0 Å². The average Bonchev–Trinajstić information content (AvgIpc) is 3.24. The normalized spacial score (nSPS) is 16.6. The van der Waals surface area contributed by atoms with Crippen molar-refractivity contribution in [2.45, 2.75) is 45.2 Å². The van der Waals surface area contributed by atoms with E-state index in [1.807, 2.05) is 19.1 Å². The van der Waals surface area contributed by atoms with E-state index in [0.29, 0.717) is 6.61 Å². The summed E-state index contributed by atoms with van der Waals surface area (Å²) < 4.78 is 5.46. The van der Waals surface area contributed by atoms with Gasteiger partial charge in [0.1, 0.15) is 5.75 Å². The summed E-state index contributed by atoms with van der Waals surface area (Å²) in [6, 6.07) is 9.09. The minimum atomic E-state index is 0.0998. The first kappa shape index (κ1) is 14.4. The second kappa shape index (κ2) is 6.92. The largest absolute Gasteiger partial charge is 0.494 e. The third kappa shape index (κ3) is 4.22. The van der Waals surface area contributed by atoms with Crippen LogP contribution >= 0.6 is 0 Å². The van der Waals surface area contributed by atoms with Crippen molar-refractivity contribution in [1.82, 2.24) is 4.90 Å². The van der Waals surface area contributed by atoms with Gasteiger partial charge in [-0.15, -0.1) is 0 Å². The fraction of sp³-hybridized carbons (Fsp3) is 0.625.